The minimum absolute atomic E-state index is 0. The van der Waals surface area contributed by atoms with Crippen molar-refractivity contribution in [3.8, 4) is 0 Å². The highest BCUT2D eigenvalue weighted by Gasteiger charge is 2.39. The minimum Gasteiger partial charge on any atom is -0.382 e. The van der Waals surface area contributed by atoms with Gasteiger partial charge in [-0.1, -0.05) is 33.1 Å². The fraction of sp³-hybridized carbons (Fsp3) is 0.864. The van der Waals surface area contributed by atoms with Crippen LogP contribution in [0.25, 0.3) is 0 Å². The number of Topliss-reactive ketones (excluding diaryl/α,β-unsaturated/α-hetero) is 2. The number of thioether (sulfide) groups is 2. The molecule has 0 saturated carbocycles. The lowest BCUT2D eigenvalue weighted by atomic mass is 10.1. The Morgan fingerprint density at radius 1 is 0.482 bits per heavy atom. The van der Waals surface area contributed by atoms with Gasteiger partial charge in [-0.05, 0) is 69.3 Å². The number of ketones is 2. The van der Waals surface area contributed by atoms with Gasteiger partial charge in [0, 0.05) is 126 Å². The number of methoxy groups -OCH3 is 4. The van der Waals surface area contributed by atoms with Crippen molar-refractivity contribution in [3.05, 3.63) is 0 Å². The van der Waals surface area contributed by atoms with Gasteiger partial charge >= 0.3 is 0 Å². The van der Waals surface area contributed by atoms with Crippen molar-refractivity contribution in [1.82, 2.24) is 20.0 Å². The zero-order valence-corrected chi connectivity index (χ0v) is 51.9. The molecule has 0 aromatic carbocycles. The van der Waals surface area contributed by atoms with Gasteiger partial charge in [-0.2, -0.15) is 0 Å². The number of hydrogen-bond acceptors (Lipinski definition) is 20. The molecule has 2 rings (SSSR count). The van der Waals surface area contributed by atoms with Crippen molar-refractivity contribution in [2.24, 2.45) is 0 Å². The Bertz CT molecular complexity index is 1670. The number of imide groups is 2. The molecule has 4 atom stereocenters. The van der Waals surface area contributed by atoms with Crippen LogP contribution in [0.1, 0.15) is 142 Å². The highest BCUT2D eigenvalue weighted by Crippen LogP contribution is 2.28. The van der Waals surface area contributed by atoms with Crippen LogP contribution in [-0.4, -0.2) is 250 Å². The van der Waals surface area contributed by atoms with Gasteiger partial charge in [-0.25, -0.2) is 0 Å². The van der Waals surface area contributed by atoms with Crippen LogP contribution < -0.4 is 5.32 Å². The fourth-order valence-corrected chi connectivity index (χ4v) is 11.2. The molecule has 0 spiro atoms. The molecule has 2 aliphatic rings. The molecule has 2 saturated heterocycles. The molecule has 0 aliphatic carbocycles. The third-order valence-electron chi connectivity index (χ3n) is 13.7. The Hall–Kier alpha value is -3.14. The van der Waals surface area contributed by atoms with E-state index in [0.717, 1.165) is 62.9 Å². The Labute approximate surface area is 504 Å². The van der Waals surface area contributed by atoms with Crippen LogP contribution in [0.15, 0.2) is 0 Å². The molecule has 0 radical (unpaired) electrons. The molecular formula is C59H106N4O18S2. The van der Waals surface area contributed by atoms with Crippen molar-refractivity contribution in [3.63, 3.8) is 0 Å². The number of hydrogen-bond donors (Lipinski definition) is 1. The molecule has 0 aromatic rings. The van der Waals surface area contributed by atoms with E-state index in [9.17, 15) is 38.4 Å². The first kappa shape index (κ1) is 77.9. The Morgan fingerprint density at radius 2 is 0.880 bits per heavy atom. The molecule has 0 aromatic heterocycles. The highest BCUT2D eigenvalue weighted by molar-refractivity contribution is 8.00. The second-order valence-corrected chi connectivity index (χ2v) is 23.0. The molecule has 24 heteroatoms. The molecule has 2 aliphatic heterocycles. The smallest absolute Gasteiger partial charge is 0.242 e. The van der Waals surface area contributed by atoms with Crippen LogP contribution >= 0.6 is 23.5 Å². The first-order valence-electron chi connectivity index (χ1n) is 29.8. The molecule has 482 valence electrons. The SMILES string of the molecule is C.CNC(=O)CCCC(=O)N(CCCCCCSC1CC(=O)N(CCC(=O)CCCCOCC(COCCOC)OCCOC)C1=O)CCCCCCSC1CC(=O)N(CCC(=O)CCCCOCC(COCCOC)OCCOC)C1=O. The first-order valence-corrected chi connectivity index (χ1v) is 31.9. The topological polar surface area (TPSA) is 251 Å². The van der Waals surface area contributed by atoms with Gasteiger partial charge in [0.25, 0.3) is 0 Å². The Morgan fingerprint density at radius 3 is 1.29 bits per heavy atom. The standard InChI is InChI=1S/C58H102N4O18S2.CH4/c1-59-53(65)21-18-22-54(66)60(25-12-6-8-16-39-81-51-41-55(67)61(57(51)69)27-23-47(63)19-10-14-29-75-43-49(79-37-33-73-4)45-77-35-31-71-2)26-13-7-9-17-40-82-52-42-56(68)62(58(52)70)28-24-48(64)20-11-15-30-76-44-50(80-38-34-74-5)46-78-36-32-72-3;/h49-52H,6-46H2,1-5H3,(H,59,65);1H4. The number of nitrogens with zero attached hydrogens (tertiary/aromatic N) is 3. The van der Waals surface area contributed by atoms with Crippen LogP contribution in [0.5, 0.6) is 0 Å². The molecule has 4 unspecified atom stereocenters. The molecular weight excluding hydrogens is 1120 g/mol. The fourth-order valence-electron chi connectivity index (χ4n) is 8.85. The lowest BCUT2D eigenvalue weighted by molar-refractivity contribution is -0.140. The number of unbranched alkanes of at least 4 members (excludes halogenated alkanes) is 8. The number of amides is 6. The summed E-state index contributed by atoms with van der Waals surface area (Å²) in [6.45, 7) is 7.55. The van der Waals surface area contributed by atoms with Crippen LogP contribution in [0.2, 0.25) is 0 Å². The number of carbonyl (C=O) groups excluding carboxylic acids is 8. The maximum absolute atomic E-state index is 13.3. The van der Waals surface area contributed by atoms with Crippen molar-refractivity contribution in [1.29, 1.82) is 0 Å². The summed E-state index contributed by atoms with van der Waals surface area (Å²) in [5, 5.41) is 1.73. The van der Waals surface area contributed by atoms with Crippen molar-refractivity contribution in [2.45, 2.75) is 165 Å². The predicted octanol–water partition coefficient (Wildman–Crippen LogP) is 5.89. The van der Waals surface area contributed by atoms with E-state index in [1.807, 2.05) is 4.90 Å². The summed E-state index contributed by atoms with van der Waals surface area (Å²) in [5.74, 6) is 0.499. The highest BCUT2D eigenvalue weighted by atomic mass is 32.2. The van der Waals surface area contributed by atoms with Crippen LogP contribution in [0.4, 0.5) is 0 Å². The van der Waals surface area contributed by atoms with Crippen molar-refractivity contribution in [2.75, 3.05) is 166 Å². The first-order chi connectivity index (χ1) is 39.9. The van der Waals surface area contributed by atoms with E-state index < -0.39 is 10.5 Å². The Kier molecular flexibility index (Phi) is 48.8. The number of likely N-dealkylation sites (tertiary alicyclic amines) is 2. The Balaban J connectivity index is 0.0000344. The summed E-state index contributed by atoms with van der Waals surface area (Å²) in [7, 11) is 8.03. The summed E-state index contributed by atoms with van der Waals surface area (Å²) < 4.78 is 54.4. The van der Waals surface area contributed by atoms with E-state index in [2.05, 4.69) is 5.32 Å². The van der Waals surface area contributed by atoms with Gasteiger partial charge in [0.15, 0.2) is 0 Å². The summed E-state index contributed by atoms with van der Waals surface area (Å²) in [4.78, 5) is 107. The summed E-state index contributed by atoms with van der Waals surface area (Å²) >= 11 is 2.99. The van der Waals surface area contributed by atoms with Crippen molar-refractivity contribution < 1.29 is 85.7 Å². The molecule has 0 bridgehead atoms. The summed E-state index contributed by atoms with van der Waals surface area (Å²) in [6, 6.07) is 0. The monoisotopic (exact) mass is 1220 g/mol. The maximum Gasteiger partial charge on any atom is 0.242 e. The summed E-state index contributed by atoms with van der Waals surface area (Å²) in [5.41, 5.74) is 0. The number of rotatable bonds is 58. The average Bonchev–Trinajstić information content (AvgIpc) is 4.18. The van der Waals surface area contributed by atoms with Gasteiger partial charge < -0.3 is 57.6 Å². The van der Waals surface area contributed by atoms with Gasteiger partial charge in [0.05, 0.1) is 89.8 Å². The quantitative estimate of drug-likeness (QED) is 0.0550. The third-order valence-corrected chi connectivity index (χ3v) is 16.3. The predicted molar refractivity (Wildman–Crippen MR) is 321 cm³/mol. The summed E-state index contributed by atoms with van der Waals surface area (Å²) in [6.07, 6.45) is 11.5. The van der Waals surface area contributed by atoms with Gasteiger partial charge in [-0.15, -0.1) is 23.5 Å². The van der Waals surface area contributed by atoms with Crippen LogP contribution in [-0.2, 0) is 85.7 Å². The largest absolute Gasteiger partial charge is 0.382 e. The van der Waals surface area contributed by atoms with E-state index in [4.69, 9.17) is 47.4 Å². The maximum atomic E-state index is 13.3. The van der Waals surface area contributed by atoms with E-state index in [0.29, 0.717) is 163 Å². The van der Waals surface area contributed by atoms with Gasteiger partial charge in [-0.3, -0.25) is 48.2 Å². The van der Waals surface area contributed by atoms with Gasteiger partial charge in [0.1, 0.15) is 23.8 Å². The molecule has 6 amide bonds. The van der Waals surface area contributed by atoms with Crippen molar-refractivity contribution >= 4 is 70.5 Å². The molecule has 2 fully saturated rings. The minimum atomic E-state index is -0.437. The van der Waals surface area contributed by atoms with E-state index >= 15 is 0 Å². The molecule has 2 heterocycles. The van der Waals surface area contributed by atoms with E-state index in [1.165, 1.54) is 33.3 Å². The lowest BCUT2D eigenvalue weighted by Crippen LogP contribution is -2.33. The second-order valence-electron chi connectivity index (χ2n) is 20.4. The zero-order valence-electron chi connectivity index (χ0n) is 50.3. The molecule has 1 N–H and O–H groups in total. The number of ether oxygens (including phenoxy) is 10. The van der Waals surface area contributed by atoms with Crippen LogP contribution in [0, 0.1) is 0 Å². The average molecular weight is 1220 g/mol. The second kappa shape index (κ2) is 52.0. The number of nitrogens with one attached hydrogen (secondary N) is 1. The van der Waals surface area contributed by atoms with Crippen LogP contribution in [0.3, 0.4) is 0 Å². The van der Waals surface area contributed by atoms with Gasteiger partial charge in [0.2, 0.25) is 35.4 Å². The number of carbonyl (C=O) groups is 8. The normalized spacial score (nSPS) is 16.0. The molecule has 83 heavy (non-hydrogen) atoms. The lowest BCUT2D eigenvalue weighted by Gasteiger charge is -2.23. The van der Waals surface area contributed by atoms with E-state index in [-0.39, 0.29) is 105 Å². The van der Waals surface area contributed by atoms with E-state index in [1.54, 1.807) is 35.5 Å². The zero-order chi connectivity index (χ0) is 59.8. The third kappa shape index (κ3) is 37.9. The molecule has 22 nitrogen and oxygen atoms in total.